The first kappa shape index (κ1) is 13.3. The lowest BCUT2D eigenvalue weighted by molar-refractivity contribution is 0.0576. The van der Waals surface area contributed by atoms with Crippen LogP contribution in [0.15, 0.2) is 22.8 Å². The van der Waals surface area contributed by atoms with Gasteiger partial charge in [0.25, 0.3) is 0 Å². The third-order valence-corrected chi connectivity index (χ3v) is 2.93. The molecule has 2 rings (SSSR count). The van der Waals surface area contributed by atoms with E-state index in [9.17, 15) is 4.79 Å². The van der Waals surface area contributed by atoms with Gasteiger partial charge in [0.2, 0.25) is 0 Å². The summed E-state index contributed by atoms with van der Waals surface area (Å²) in [6, 6.07) is 3.93. The summed E-state index contributed by atoms with van der Waals surface area (Å²) >= 11 is 3.34. The van der Waals surface area contributed by atoms with E-state index in [1.807, 2.05) is 32.9 Å². The summed E-state index contributed by atoms with van der Waals surface area (Å²) in [7, 11) is 0. The quantitative estimate of drug-likeness (QED) is 0.835. The Morgan fingerprint density at radius 2 is 2.11 bits per heavy atom. The van der Waals surface area contributed by atoms with Crippen molar-refractivity contribution < 1.29 is 9.53 Å². The van der Waals surface area contributed by atoms with E-state index in [0.717, 1.165) is 17.3 Å². The molecule has 0 spiro atoms. The summed E-state index contributed by atoms with van der Waals surface area (Å²) < 4.78 is 6.32. The van der Waals surface area contributed by atoms with Gasteiger partial charge in [-0.1, -0.05) is 0 Å². The molecule has 1 aliphatic carbocycles. The fraction of sp³-hybridized carbons (Fsp3) is 0.538. The Morgan fingerprint density at radius 1 is 1.44 bits per heavy atom. The highest BCUT2D eigenvalue weighted by Gasteiger charge is 2.37. The van der Waals surface area contributed by atoms with Crippen LogP contribution in [-0.2, 0) is 4.74 Å². The molecule has 0 aliphatic heterocycles. The van der Waals surface area contributed by atoms with Crippen LogP contribution in [0.3, 0.4) is 0 Å². The summed E-state index contributed by atoms with van der Waals surface area (Å²) in [4.78, 5) is 18.1. The smallest absolute Gasteiger partial charge is 0.416 e. The van der Waals surface area contributed by atoms with Gasteiger partial charge in [-0.05, 0) is 61.7 Å². The molecule has 5 heteroatoms. The van der Waals surface area contributed by atoms with E-state index in [1.165, 1.54) is 0 Å². The van der Waals surface area contributed by atoms with E-state index in [4.69, 9.17) is 4.74 Å². The maximum absolute atomic E-state index is 12.2. The third kappa shape index (κ3) is 3.45. The number of amides is 1. The highest BCUT2D eigenvalue weighted by Crippen LogP contribution is 2.32. The SMILES string of the molecule is CC(C)(C)OC(=O)N(c1ccc(Br)cn1)C1CC1. The van der Waals surface area contributed by atoms with Gasteiger partial charge in [0.05, 0.1) is 0 Å². The molecule has 1 aliphatic rings. The molecule has 0 atom stereocenters. The number of carbonyl (C=O) groups is 1. The van der Waals surface area contributed by atoms with Gasteiger partial charge in [-0.2, -0.15) is 0 Å². The average Bonchev–Trinajstić information content (AvgIpc) is 3.03. The second kappa shape index (κ2) is 4.88. The number of ether oxygens (including phenoxy) is 1. The number of carbonyl (C=O) groups excluding carboxylic acids is 1. The highest BCUT2D eigenvalue weighted by molar-refractivity contribution is 9.10. The van der Waals surface area contributed by atoms with E-state index in [1.54, 1.807) is 11.1 Å². The van der Waals surface area contributed by atoms with Crippen molar-refractivity contribution in [2.45, 2.75) is 45.3 Å². The minimum Gasteiger partial charge on any atom is -0.443 e. The van der Waals surface area contributed by atoms with E-state index in [2.05, 4.69) is 20.9 Å². The van der Waals surface area contributed by atoms with E-state index in [-0.39, 0.29) is 12.1 Å². The number of rotatable bonds is 2. The Morgan fingerprint density at radius 3 is 2.56 bits per heavy atom. The van der Waals surface area contributed by atoms with Crippen molar-refractivity contribution in [1.29, 1.82) is 0 Å². The Hall–Kier alpha value is -1.10. The molecule has 18 heavy (non-hydrogen) atoms. The predicted octanol–water partition coefficient (Wildman–Crippen LogP) is 3.75. The molecule has 0 saturated heterocycles. The number of nitrogens with zero attached hydrogens (tertiary/aromatic N) is 2. The van der Waals surface area contributed by atoms with Gasteiger partial charge >= 0.3 is 6.09 Å². The standard InChI is InChI=1S/C13H17BrN2O2/c1-13(2,3)18-12(17)16(10-5-6-10)11-7-4-9(14)8-15-11/h4,7-8,10H,5-6H2,1-3H3. The Bertz CT molecular complexity index is 435. The van der Waals surface area contributed by atoms with Gasteiger partial charge < -0.3 is 4.74 Å². The molecular weight excluding hydrogens is 296 g/mol. The zero-order chi connectivity index (χ0) is 13.3. The molecule has 1 fully saturated rings. The lowest BCUT2D eigenvalue weighted by Crippen LogP contribution is -2.38. The monoisotopic (exact) mass is 312 g/mol. The van der Waals surface area contributed by atoms with Gasteiger partial charge in [0.15, 0.2) is 0 Å². The zero-order valence-corrected chi connectivity index (χ0v) is 12.4. The van der Waals surface area contributed by atoms with Crippen LogP contribution in [0.4, 0.5) is 10.6 Å². The molecule has 0 bridgehead atoms. The van der Waals surface area contributed by atoms with Crippen molar-refractivity contribution in [3.8, 4) is 0 Å². The fourth-order valence-corrected chi connectivity index (χ4v) is 1.82. The molecule has 0 N–H and O–H groups in total. The first-order chi connectivity index (χ1) is 8.37. The van der Waals surface area contributed by atoms with Crippen molar-refractivity contribution in [3.63, 3.8) is 0 Å². The third-order valence-electron chi connectivity index (χ3n) is 2.46. The molecule has 98 valence electrons. The van der Waals surface area contributed by atoms with Gasteiger partial charge in [-0.3, -0.25) is 4.90 Å². The molecule has 1 aromatic heterocycles. The Kier molecular flexibility index (Phi) is 3.61. The van der Waals surface area contributed by atoms with Crippen LogP contribution in [0.5, 0.6) is 0 Å². The minimum atomic E-state index is -0.487. The molecule has 1 amide bonds. The van der Waals surface area contributed by atoms with Crippen LogP contribution in [-0.4, -0.2) is 22.7 Å². The van der Waals surface area contributed by atoms with Crippen molar-refractivity contribution in [1.82, 2.24) is 4.98 Å². The van der Waals surface area contributed by atoms with E-state index in [0.29, 0.717) is 5.82 Å². The van der Waals surface area contributed by atoms with Crippen LogP contribution in [0.25, 0.3) is 0 Å². The molecule has 0 unspecified atom stereocenters. The molecule has 1 aromatic rings. The summed E-state index contributed by atoms with van der Waals surface area (Å²) in [6.45, 7) is 5.60. The van der Waals surface area contributed by atoms with Crippen molar-refractivity contribution in [3.05, 3.63) is 22.8 Å². The summed E-state index contributed by atoms with van der Waals surface area (Å²) in [5, 5.41) is 0. The number of hydrogen-bond donors (Lipinski definition) is 0. The van der Waals surface area contributed by atoms with E-state index >= 15 is 0 Å². The first-order valence-corrected chi connectivity index (χ1v) is 6.80. The lowest BCUT2D eigenvalue weighted by atomic mass is 10.2. The number of hydrogen-bond acceptors (Lipinski definition) is 3. The molecular formula is C13H17BrN2O2. The van der Waals surface area contributed by atoms with Crippen LogP contribution in [0.1, 0.15) is 33.6 Å². The average molecular weight is 313 g/mol. The number of aromatic nitrogens is 1. The summed E-state index contributed by atoms with van der Waals surface area (Å²) in [6.07, 6.45) is 3.39. The predicted molar refractivity (Wildman–Crippen MR) is 73.7 cm³/mol. The van der Waals surface area contributed by atoms with Crippen molar-refractivity contribution in [2.75, 3.05) is 4.90 Å². The fourth-order valence-electron chi connectivity index (χ4n) is 1.58. The van der Waals surface area contributed by atoms with Gasteiger partial charge in [-0.15, -0.1) is 0 Å². The topological polar surface area (TPSA) is 42.4 Å². The van der Waals surface area contributed by atoms with Crippen LogP contribution in [0, 0.1) is 0 Å². The van der Waals surface area contributed by atoms with Crippen molar-refractivity contribution in [2.24, 2.45) is 0 Å². The van der Waals surface area contributed by atoms with Gasteiger partial charge in [-0.25, -0.2) is 9.78 Å². The normalized spacial score (nSPS) is 15.3. The first-order valence-electron chi connectivity index (χ1n) is 6.00. The maximum Gasteiger partial charge on any atom is 0.416 e. The minimum absolute atomic E-state index is 0.230. The number of halogens is 1. The Balaban J connectivity index is 2.18. The van der Waals surface area contributed by atoms with Crippen LogP contribution in [0.2, 0.25) is 0 Å². The highest BCUT2D eigenvalue weighted by atomic mass is 79.9. The molecule has 1 heterocycles. The molecule has 0 aromatic carbocycles. The van der Waals surface area contributed by atoms with Crippen molar-refractivity contribution >= 4 is 27.8 Å². The van der Waals surface area contributed by atoms with E-state index < -0.39 is 5.60 Å². The maximum atomic E-state index is 12.2. The number of pyridine rings is 1. The van der Waals surface area contributed by atoms with Crippen LogP contribution >= 0.6 is 15.9 Å². The second-order valence-electron chi connectivity index (χ2n) is 5.42. The van der Waals surface area contributed by atoms with Gasteiger partial charge in [0.1, 0.15) is 11.4 Å². The summed E-state index contributed by atoms with van der Waals surface area (Å²) in [5.74, 6) is 0.648. The van der Waals surface area contributed by atoms with Crippen LogP contribution < -0.4 is 4.90 Å². The number of anilines is 1. The lowest BCUT2D eigenvalue weighted by Gasteiger charge is -2.26. The molecule has 0 radical (unpaired) electrons. The summed E-state index contributed by atoms with van der Waals surface area (Å²) in [5.41, 5.74) is -0.487. The zero-order valence-electron chi connectivity index (χ0n) is 10.8. The van der Waals surface area contributed by atoms with Gasteiger partial charge in [0, 0.05) is 16.7 Å². The molecule has 4 nitrogen and oxygen atoms in total. The Labute approximate surface area is 115 Å². The largest absolute Gasteiger partial charge is 0.443 e. The molecule has 1 saturated carbocycles. The second-order valence-corrected chi connectivity index (χ2v) is 6.33.